The first kappa shape index (κ1) is 28.1. The van der Waals surface area contributed by atoms with Crippen LogP contribution in [0.15, 0.2) is 170 Å². The van der Waals surface area contributed by atoms with Gasteiger partial charge < -0.3 is 0 Å². The summed E-state index contributed by atoms with van der Waals surface area (Å²) in [7, 11) is 0. The summed E-state index contributed by atoms with van der Waals surface area (Å²) >= 11 is 0. The quantitative estimate of drug-likeness (QED) is 0.188. The zero-order valence-electron chi connectivity index (χ0n) is 26.8. The van der Waals surface area contributed by atoms with Crippen molar-refractivity contribution in [2.75, 3.05) is 0 Å². The molecule has 0 amide bonds. The molecule has 234 valence electrons. The fraction of sp³-hybridized carbons (Fsp3) is 0. The van der Waals surface area contributed by atoms with Gasteiger partial charge in [0.25, 0.3) is 0 Å². The summed E-state index contributed by atoms with van der Waals surface area (Å²) in [6.07, 6.45) is 1.85. The summed E-state index contributed by atoms with van der Waals surface area (Å²) < 4.78 is 4.41. The van der Waals surface area contributed by atoms with Crippen molar-refractivity contribution >= 4 is 43.6 Å². The van der Waals surface area contributed by atoms with Crippen LogP contribution in [0, 0.1) is 0 Å². The van der Waals surface area contributed by atoms with Crippen molar-refractivity contribution < 1.29 is 0 Å². The highest BCUT2D eigenvalue weighted by Gasteiger charge is 2.19. The zero-order valence-corrected chi connectivity index (χ0v) is 26.8. The largest absolute Gasteiger partial charge is 0.294 e. The van der Waals surface area contributed by atoms with E-state index in [2.05, 4.69) is 105 Å². The van der Waals surface area contributed by atoms with E-state index in [4.69, 9.17) is 15.0 Å². The number of nitrogens with zero attached hydrogens (tertiary/aromatic N) is 6. The first-order chi connectivity index (χ1) is 24.8. The Bertz CT molecular complexity index is 2800. The van der Waals surface area contributed by atoms with Crippen molar-refractivity contribution in [3.05, 3.63) is 170 Å². The van der Waals surface area contributed by atoms with Crippen molar-refractivity contribution in [1.82, 2.24) is 29.1 Å². The Hall–Kier alpha value is -6.92. The molecule has 0 unspecified atom stereocenters. The third-order valence-electron chi connectivity index (χ3n) is 9.44. The van der Waals surface area contributed by atoms with E-state index in [9.17, 15) is 0 Å². The smallest absolute Gasteiger partial charge is 0.238 e. The molecule has 10 aromatic rings. The molecule has 0 aliphatic rings. The van der Waals surface area contributed by atoms with E-state index in [0.29, 0.717) is 17.6 Å². The fourth-order valence-corrected chi connectivity index (χ4v) is 7.15. The SMILES string of the molecule is c1ccc(-c2nc(-c3ccccc3)nc(-n3c4ccccc4c4cc(-c5ccc6c(c5)c5ccccc5n6-c5ccccn5)ccc43)n2)cc1. The molecule has 0 aliphatic heterocycles. The van der Waals surface area contributed by atoms with Crippen molar-refractivity contribution in [1.29, 1.82) is 0 Å². The molecule has 6 heteroatoms. The number of fused-ring (bicyclic) bond motifs is 6. The maximum Gasteiger partial charge on any atom is 0.238 e. The minimum absolute atomic E-state index is 0.584. The average molecular weight is 641 g/mol. The van der Waals surface area contributed by atoms with Crippen molar-refractivity contribution in [3.8, 4) is 45.7 Å². The second-order valence-corrected chi connectivity index (χ2v) is 12.4. The lowest BCUT2D eigenvalue weighted by molar-refractivity contribution is 0.953. The van der Waals surface area contributed by atoms with Gasteiger partial charge >= 0.3 is 0 Å². The molecule has 0 atom stereocenters. The van der Waals surface area contributed by atoms with Crippen LogP contribution in [0.3, 0.4) is 0 Å². The lowest BCUT2D eigenvalue weighted by Crippen LogP contribution is -2.06. The zero-order chi connectivity index (χ0) is 33.0. The van der Waals surface area contributed by atoms with E-state index in [1.807, 2.05) is 79.0 Å². The van der Waals surface area contributed by atoms with E-state index in [-0.39, 0.29) is 0 Å². The summed E-state index contributed by atoms with van der Waals surface area (Å²) in [6.45, 7) is 0. The Morgan fingerprint density at radius 3 is 1.38 bits per heavy atom. The maximum absolute atomic E-state index is 5.08. The van der Waals surface area contributed by atoms with Gasteiger partial charge in [-0.05, 0) is 59.7 Å². The highest BCUT2D eigenvalue weighted by molar-refractivity contribution is 6.12. The van der Waals surface area contributed by atoms with E-state index < -0.39 is 0 Å². The lowest BCUT2D eigenvalue weighted by atomic mass is 10.0. The van der Waals surface area contributed by atoms with Gasteiger partial charge in [-0.25, -0.2) is 9.97 Å². The van der Waals surface area contributed by atoms with Crippen LogP contribution >= 0.6 is 0 Å². The van der Waals surface area contributed by atoms with Gasteiger partial charge in [0.2, 0.25) is 5.95 Å². The first-order valence-corrected chi connectivity index (χ1v) is 16.7. The third kappa shape index (κ3) is 4.50. The Morgan fingerprint density at radius 1 is 0.340 bits per heavy atom. The average Bonchev–Trinajstić information content (AvgIpc) is 3.71. The molecule has 0 bridgehead atoms. The predicted octanol–water partition coefficient (Wildman–Crippen LogP) is 10.5. The van der Waals surface area contributed by atoms with Gasteiger partial charge in [-0.1, -0.05) is 115 Å². The minimum atomic E-state index is 0.584. The Balaban J connectivity index is 1.17. The van der Waals surface area contributed by atoms with E-state index >= 15 is 0 Å². The second kappa shape index (κ2) is 11.4. The van der Waals surface area contributed by atoms with E-state index in [1.165, 1.54) is 10.8 Å². The summed E-state index contributed by atoms with van der Waals surface area (Å²) in [6, 6.07) is 56.7. The van der Waals surface area contributed by atoms with Crippen LogP contribution in [-0.2, 0) is 0 Å². The number of rotatable bonds is 5. The highest BCUT2D eigenvalue weighted by atomic mass is 15.2. The maximum atomic E-state index is 5.08. The molecule has 4 heterocycles. The lowest BCUT2D eigenvalue weighted by Gasteiger charge is -2.11. The Morgan fingerprint density at radius 2 is 0.820 bits per heavy atom. The molecule has 0 saturated heterocycles. The van der Waals surface area contributed by atoms with Crippen LogP contribution < -0.4 is 0 Å². The monoisotopic (exact) mass is 640 g/mol. The van der Waals surface area contributed by atoms with Crippen LogP contribution in [0.4, 0.5) is 0 Å². The molecule has 0 spiro atoms. The number of pyridine rings is 1. The number of hydrogen-bond donors (Lipinski definition) is 0. The highest BCUT2D eigenvalue weighted by Crippen LogP contribution is 2.38. The molecule has 0 fully saturated rings. The predicted molar refractivity (Wildman–Crippen MR) is 203 cm³/mol. The molecule has 0 radical (unpaired) electrons. The van der Waals surface area contributed by atoms with Crippen LogP contribution in [0.5, 0.6) is 0 Å². The summed E-state index contributed by atoms with van der Waals surface area (Å²) in [4.78, 5) is 19.8. The number of aromatic nitrogens is 6. The molecule has 50 heavy (non-hydrogen) atoms. The third-order valence-corrected chi connectivity index (χ3v) is 9.44. The molecule has 0 N–H and O–H groups in total. The van der Waals surface area contributed by atoms with E-state index in [1.54, 1.807) is 0 Å². The van der Waals surface area contributed by atoms with Crippen LogP contribution in [0.2, 0.25) is 0 Å². The number of hydrogen-bond acceptors (Lipinski definition) is 4. The molecule has 4 aromatic heterocycles. The van der Waals surface area contributed by atoms with Gasteiger partial charge in [0.1, 0.15) is 5.82 Å². The standard InChI is InChI=1S/C44H28N6/c1-3-13-29(14-4-1)42-46-43(30-15-5-2-6-16-30)48-44(47-42)50-38-20-10-8-18-34(38)36-28-32(23-25-40(36)50)31-22-24-39-35(27-31)33-17-7-9-19-37(33)49(39)41-21-11-12-26-45-41/h1-28H. The first-order valence-electron chi connectivity index (χ1n) is 16.7. The molecule has 6 nitrogen and oxygen atoms in total. The van der Waals surface area contributed by atoms with Gasteiger partial charge in [-0.15, -0.1) is 0 Å². The van der Waals surface area contributed by atoms with Crippen LogP contribution in [-0.4, -0.2) is 29.1 Å². The Kier molecular flexibility index (Phi) is 6.39. The van der Waals surface area contributed by atoms with E-state index in [0.717, 1.165) is 60.9 Å². The number of para-hydroxylation sites is 2. The molecular weight excluding hydrogens is 613 g/mol. The van der Waals surface area contributed by atoms with Crippen molar-refractivity contribution in [2.45, 2.75) is 0 Å². The van der Waals surface area contributed by atoms with Gasteiger partial charge in [0.15, 0.2) is 11.6 Å². The summed E-state index contributed by atoms with van der Waals surface area (Å²) in [5.41, 5.74) is 8.52. The minimum Gasteiger partial charge on any atom is -0.294 e. The number of benzene rings is 6. The Labute approximate surface area is 287 Å². The molecular formula is C44H28N6. The van der Waals surface area contributed by atoms with Crippen LogP contribution in [0.25, 0.3) is 89.3 Å². The molecule has 0 saturated carbocycles. The normalized spacial score (nSPS) is 11.6. The topological polar surface area (TPSA) is 61.4 Å². The van der Waals surface area contributed by atoms with Crippen molar-refractivity contribution in [2.24, 2.45) is 0 Å². The van der Waals surface area contributed by atoms with Crippen molar-refractivity contribution in [3.63, 3.8) is 0 Å². The molecule has 10 rings (SSSR count). The van der Waals surface area contributed by atoms with Gasteiger partial charge in [-0.3, -0.25) is 9.13 Å². The molecule has 6 aromatic carbocycles. The van der Waals surface area contributed by atoms with Gasteiger partial charge in [0.05, 0.1) is 22.1 Å². The summed E-state index contributed by atoms with van der Waals surface area (Å²) in [5.74, 6) is 2.76. The fourth-order valence-electron chi connectivity index (χ4n) is 7.15. The second-order valence-electron chi connectivity index (χ2n) is 12.4. The summed E-state index contributed by atoms with van der Waals surface area (Å²) in [5, 5.41) is 4.67. The molecule has 0 aliphatic carbocycles. The van der Waals surface area contributed by atoms with Crippen LogP contribution in [0.1, 0.15) is 0 Å². The van der Waals surface area contributed by atoms with Gasteiger partial charge in [-0.2, -0.15) is 9.97 Å². The van der Waals surface area contributed by atoms with Gasteiger partial charge in [0, 0.05) is 38.9 Å².